The molecule has 3 aromatic rings. The molecular weight excluding hydrogens is 432 g/mol. The van der Waals surface area contributed by atoms with Crippen LogP contribution in [0.15, 0.2) is 54.7 Å². The number of halogens is 5. The lowest BCUT2D eigenvalue weighted by Gasteiger charge is -2.10. The maximum absolute atomic E-state index is 13.0. The molecule has 0 aliphatic carbocycles. The van der Waals surface area contributed by atoms with Crippen LogP contribution >= 0.6 is 34.5 Å². The molecule has 3 rings (SSSR count). The lowest BCUT2D eigenvalue weighted by atomic mass is 10.1. The third kappa shape index (κ3) is 5.04. The Labute approximate surface area is 173 Å². The Morgan fingerprint density at radius 2 is 1.89 bits per heavy atom. The average molecular weight is 445 g/mol. The number of nitrogens with zero attached hydrogens (tertiary/aromatic N) is 1. The first kappa shape index (κ1) is 20.6. The molecule has 0 aliphatic heterocycles. The van der Waals surface area contributed by atoms with E-state index in [0.717, 1.165) is 6.07 Å². The molecule has 9 heteroatoms. The van der Waals surface area contributed by atoms with Gasteiger partial charge in [0.1, 0.15) is 5.38 Å². The minimum absolute atomic E-state index is 0.233. The summed E-state index contributed by atoms with van der Waals surface area (Å²) in [6.07, 6.45) is -2.78. The van der Waals surface area contributed by atoms with Crippen molar-refractivity contribution < 1.29 is 18.0 Å². The Morgan fingerprint density at radius 3 is 2.57 bits per heavy atom. The van der Waals surface area contributed by atoms with Gasteiger partial charge in [0, 0.05) is 17.5 Å². The molecule has 1 N–H and O–H groups in total. The van der Waals surface area contributed by atoms with Crippen molar-refractivity contribution in [3.05, 3.63) is 81.3 Å². The Kier molecular flexibility index (Phi) is 6.27. The number of hydrogen-bond acceptors (Lipinski definition) is 3. The van der Waals surface area contributed by atoms with Gasteiger partial charge in [-0.2, -0.15) is 13.2 Å². The van der Waals surface area contributed by atoms with E-state index in [0.29, 0.717) is 21.1 Å². The number of amides is 1. The number of rotatable bonds is 5. The van der Waals surface area contributed by atoms with E-state index in [-0.39, 0.29) is 11.4 Å². The van der Waals surface area contributed by atoms with Crippen LogP contribution in [-0.2, 0) is 17.4 Å². The summed E-state index contributed by atoms with van der Waals surface area (Å²) < 4.78 is 38.9. The Balaban J connectivity index is 1.69. The molecule has 28 heavy (non-hydrogen) atoms. The van der Waals surface area contributed by atoms with Gasteiger partial charge < -0.3 is 5.32 Å². The van der Waals surface area contributed by atoms with Crippen molar-refractivity contribution in [2.45, 2.75) is 18.0 Å². The number of thiazole rings is 1. The maximum atomic E-state index is 13.0. The minimum Gasteiger partial charge on any atom is -0.300 e. The summed E-state index contributed by atoms with van der Waals surface area (Å²) in [5.74, 6) is -0.431. The van der Waals surface area contributed by atoms with E-state index in [1.165, 1.54) is 29.7 Å². The highest BCUT2D eigenvalue weighted by Crippen LogP contribution is 2.36. The van der Waals surface area contributed by atoms with Crippen molar-refractivity contribution >= 4 is 45.6 Å². The van der Waals surface area contributed by atoms with Crippen LogP contribution in [0.3, 0.4) is 0 Å². The van der Waals surface area contributed by atoms with Crippen molar-refractivity contribution in [3.8, 4) is 0 Å². The summed E-state index contributed by atoms with van der Waals surface area (Å²) in [4.78, 5) is 17.0. The smallest absolute Gasteiger partial charge is 0.300 e. The lowest BCUT2D eigenvalue weighted by Crippen LogP contribution is -2.17. The quantitative estimate of drug-likeness (QED) is 0.467. The van der Waals surface area contributed by atoms with Crippen LogP contribution in [0.5, 0.6) is 0 Å². The molecular formula is C19H13Cl2F3N2OS. The van der Waals surface area contributed by atoms with E-state index in [1.54, 1.807) is 24.3 Å². The summed E-state index contributed by atoms with van der Waals surface area (Å²) in [5.41, 5.74) is 0.217. The number of carbonyl (C=O) groups is 1. The third-order valence-electron chi connectivity index (χ3n) is 3.82. The number of nitrogens with one attached hydrogen (secondary N) is 1. The molecule has 3 nitrogen and oxygen atoms in total. The number of alkyl halides is 4. The molecule has 0 fully saturated rings. The fourth-order valence-corrected chi connectivity index (χ4v) is 3.76. The maximum Gasteiger partial charge on any atom is 0.417 e. The van der Waals surface area contributed by atoms with Crippen LogP contribution in [0.2, 0.25) is 5.02 Å². The van der Waals surface area contributed by atoms with Crippen molar-refractivity contribution in [1.29, 1.82) is 0 Å². The molecule has 0 spiro atoms. The number of carbonyl (C=O) groups excluding carboxylic acids is 1. The van der Waals surface area contributed by atoms with Gasteiger partial charge in [0.15, 0.2) is 5.13 Å². The largest absolute Gasteiger partial charge is 0.417 e. The van der Waals surface area contributed by atoms with Crippen LogP contribution in [-0.4, -0.2) is 10.9 Å². The van der Waals surface area contributed by atoms with Gasteiger partial charge in [-0.05, 0) is 23.3 Å². The molecule has 1 heterocycles. The fourth-order valence-electron chi connectivity index (χ4n) is 2.49. The number of benzene rings is 2. The minimum atomic E-state index is -4.52. The summed E-state index contributed by atoms with van der Waals surface area (Å²) in [6.45, 7) is 0. The van der Waals surface area contributed by atoms with Gasteiger partial charge in [0.05, 0.1) is 10.6 Å². The van der Waals surface area contributed by atoms with Crippen molar-refractivity contribution in [3.63, 3.8) is 0 Å². The van der Waals surface area contributed by atoms with Crippen LogP contribution in [0.4, 0.5) is 18.3 Å². The molecule has 1 aromatic heterocycles. The number of aromatic nitrogens is 1. The van der Waals surface area contributed by atoms with E-state index in [2.05, 4.69) is 10.3 Å². The fraction of sp³-hybridized carbons (Fsp3) is 0.158. The number of hydrogen-bond donors (Lipinski definition) is 1. The normalized spacial score (nSPS) is 12.6. The van der Waals surface area contributed by atoms with E-state index in [4.69, 9.17) is 23.2 Å². The number of anilines is 1. The van der Waals surface area contributed by atoms with Gasteiger partial charge in [-0.25, -0.2) is 4.98 Å². The van der Waals surface area contributed by atoms with Gasteiger partial charge in [-0.15, -0.1) is 22.9 Å². The van der Waals surface area contributed by atoms with Crippen LogP contribution in [0, 0.1) is 0 Å². The molecule has 0 aliphatic rings. The first-order valence-electron chi connectivity index (χ1n) is 8.04. The van der Waals surface area contributed by atoms with E-state index < -0.39 is 23.0 Å². The zero-order chi connectivity index (χ0) is 20.3. The molecule has 146 valence electrons. The molecule has 1 amide bonds. The third-order valence-corrected chi connectivity index (χ3v) is 5.51. The van der Waals surface area contributed by atoms with E-state index in [9.17, 15) is 18.0 Å². The second kappa shape index (κ2) is 8.51. The van der Waals surface area contributed by atoms with Gasteiger partial charge >= 0.3 is 6.18 Å². The van der Waals surface area contributed by atoms with Crippen molar-refractivity contribution in [2.24, 2.45) is 0 Å². The highest BCUT2D eigenvalue weighted by Gasteiger charge is 2.33. The molecule has 0 bridgehead atoms. The molecule has 0 saturated carbocycles. The van der Waals surface area contributed by atoms with Crippen LogP contribution < -0.4 is 5.32 Å². The Morgan fingerprint density at radius 1 is 1.18 bits per heavy atom. The molecule has 2 aromatic carbocycles. The standard InChI is InChI=1S/C19H13Cl2F3N2OS/c20-15-7-6-11(9-14(15)19(22,23)24)8-13-10-25-18(28-13)26-17(27)16(21)12-4-2-1-3-5-12/h1-7,9-10,16H,8H2,(H,25,26,27). The summed E-state index contributed by atoms with van der Waals surface area (Å²) in [5, 5.41) is 1.73. The Bertz CT molecular complexity index is 977. The van der Waals surface area contributed by atoms with E-state index in [1.807, 2.05) is 6.07 Å². The average Bonchev–Trinajstić information content (AvgIpc) is 3.09. The topological polar surface area (TPSA) is 42.0 Å². The summed E-state index contributed by atoms with van der Waals surface area (Å²) in [6, 6.07) is 12.6. The first-order valence-corrected chi connectivity index (χ1v) is 9.67. The van der Waals surface area contributed by atoms with Gasteiger partial charge in [-0.1, -0.05) is 48.0 Å². The highest BCUT2D eigenvalue weighted by atomic mass is 35.5. The second-order valence-electron chi connectivity index (χ2n) is 5.88. The molecule has 1 unspecified atom stereocenters. The monoisotopic (exact) mass is 444 g/mol. The predicted octanol–water partition coefficient (Wildman–Crippen LogP) is 6.32. The summed E-state index contributed by atoms with van der Waals surface area (Å²) in [7, 11) is 0. The van der Waals surface area contributed by atoms with Gasteiger partial charge in [0.25, 0.3) is 0 Å². The SMILES string of the molecule is O=C(Nc1ncc(Cc2ccc(Cl)c(C(F)(F)F)c2)s1)C(Cl)c1ccccc1. The van der Waals surface area contributed by atoms with Crippen molar-refractivity contribution in [2.75, 3.05) is 5.32 Å². The molecule has 1 atom stereocenters. The van der Waals surface area contributed by atoms with Crippen LogP contribution in [0.1, 0.15) is 26.9 Å². The predicted molar refractivity (Wildman–Crippen MR) is 105 cm³/mol. The van der Waals surface area contributed by atoms with Crippen LogP contribution in [0.25, 0.3) is 0 Å². The first-order chi connectivity index (χ1) is 13.2. The van der Waals surface area contributed by atoms with Gasteiger partial charge in [0.2, 0.25) is 5.91 Å². The highest BCUT2D eigenvalue weighted by molar-refractivity contribution is 7.15. The zero-order valence-corrected chi connectivity index (χ0v) is 16.5. The zero-order valence-electron chi connectivity index (χ0n) is 14.1. The Hall–Kier alpha value is -2.09. The molecule has 0 radical (unpaired) electrons. The molecule has 0 saturated heterocycles. The lowest BCUT2D eigenvalue weighted by molar-refractivity contribution is -0.137. The summed E-state index contributed by atoms with van der Waals surface area (Å²) >= 11 is 13.0. The van der Waals surface area contributed by atoms with Gasteiger partial charge in [-0.3, -0.25) is 4.79 Å². The van der Waals surface area contributed by atoms with E-state index >= 15 is 0 Å². The second-order valence-corrected chi connectivity index (χ2v) is 7.84. The van der Waals surface area contributed by atoms with Crippen molar-refractivity contribution in [1.82, 2.24) is 4.98 Å².